The fraction of sp³-hybridized carbons (Fsp3) is 0.182. The van der Waals surface area contributed by atoms with Crippen LogP contribution in [0.1, 0.15) is 12.7 Å². The number of pyridine rings is 1. The summed E-state index contributed by atoms with van der Waals surface area (Å²) in [5.74, 6) is 1.26. The zero-order valence-corrected chi connectivity index (χ0v) is 8.92. The van der Waals surface area contributed by atoms with Crippen LogP contribution in [0.2, 0.25) is 0 Å². The Morgan fingerprint density at radius 1 is 1.38 bits per heavy atom. The minimum Gasteiger partial charge on any atom is -0.292 e. The summed E-state index contributed by atoms with van der Waals surface area (Å²) < 4.78 is 1.48. The molecular formula is C11H12N4O. The fourth-order valence-corrected chi connectivity index (χ4v) is 1.39. The topological polar surface area (TPSA) is 59.8 Å². The van der Waals surface area contributed by atoms with E-state index < -0.39 is 0 Å². The second-order valence-corrected chi connectivity index (χ2v) is 3.21. The van der Waals surface area contributed by atoms with Crippen LogP contribution in [0.3, 0.4) is 0 Å². The first kappa shape index (κ1) is 10.4. The van der Waals surface area contributed by atoms with Gasteiger partial charge in [0.1, 0.15) is 11.6 Å². The van der Waals surface area contributed by atoms with Gasteiger partial charge in [0.15, 0.2) is 0 Å². The number of rotatable bonds is 2. The summed E-state index contributed by atoms with van der Waals surface area (Å²) >= 11 is 0. The molecule has 5 heteroatoms. The molecule has 0 radical (unpaired) electrons. The molecule has 2 rings (SSSR count). The van der Waals surface area contributed by atoms with Crippen molar-refractivity contribution in [1.82, 2.24) is 14.5 Å². The van der Waals surface area contributed by atoms with Crippen LogP contribution in [-0.2, 0) is 6.42 Å². The molecule has 1 N–H and O–H groups in total. The van der Waals surface area contributed by atoms with Crippen LogP contribution in [0.5, 0.6) is 0 Å². The number of amides is 1. The first-order valence-corrected chi connectivity index (χ1v) is 5.06. The van der Waals surface area contributed by atoms with Gasteiger partial charge in [-0.2, -0.15) is 0 Å². The Balaban J connectivity index is 2.15. The van der Waals surface area contributed by atoms with E-state index in [0.717, 1.165) is 5.82 Å². The summed E-state index contributed by atoms with van der Waals surface area (Å²) in [5.41, 5.74) is 0. The van der Waals surface area contributed by atoms with Gasteiger partial charge in [-0.1, -0.05) is 13.0 Å². The average Bonchev–Trinajstić information content (AvgIpc) is 2.78. The van der Waals surface area contributed by atoms with E-state index in [1.165, 1.54) is 4.57 Å². The second kappa shape index (κ2) is 4.57. The van der Waals surface area contributed by atoms with E-state index >= 15 is 0 Å². The Morgan fingerprint density at radius 2 is 2.25 bits per heavy atom. The van der Waals surface area contributed by atoms with Crippen molar-refractivity contribution in [2.24, 2.45) is 0 Å². The molecule has 2 aromatic rings. The largest absolute Gasteiger partial charge is 0.332 e. The highest BCUT2D eigenvalue weighted by molar-refractivity contribution is 5.90. The minimum atomic E-state index is -0.243. The van der Waals surface area contributed by atoms with Crippen LogP contribution in [-0.4, -0.2) is 20.6 Å². The highest BCUT2D eigenvalue weighted by atomic mass is 16.2. The standard InChI is InChI=1S/C11H12N4O/c1-2-10-13-7-8-15(10)11(16)14-9-5-3-4-6-12-9/h3-8H,2H2,1H3,(H,12,14,16). The molecule has 0 spiro atoms. The predicted molar refractivity (Wildman–Crippen MR) is 60.3 cm³/mol. The molecule has 82 valence electrons. The van der Waals surface area contributed by atoms with E-state index in [9.17, 15) is 4.79 Å². The van der Waals surface area contributed by atoms with Crippen molar-refractivity contribution in [3.05, 3.63) is 42.6 Å². The third-order valence-electron chi connectivity index (χ3n) is 2.15. The predicted octanol–water partition coefficient (Wildman–Crippen LogP) is 1.92. The average molecular weight is 216 g/mol. The van der Waals surface area contributed by atoms with Crippen LogP contribution in [0.25, 0.3) is 0 Å². The lowest BCUT2D eigenvalue weighted by atomic mass is 10.4. The van der Waals surface area contributed by atoms with E-state index in [1.807, 2.05) is 13.0 Å². The molecule has 2 heterocycles. The molecule has 0 aromatic carbocycles. The molecule has 0 saturated heterocycles. The van der Waals surface area contributed by atoms with Crippen LogP contribution in [0, 0.1) is 0 Å². The van der Waals surface area contributed by atoms with Crippen LogP contribution in [0.15, 0.2) is 36.8 Å². The lowest BCUT2D eigenvalue weighted by Crippen LogP contribution is -2.21. The zero-order valence-electron chi connectivity index (χ0n) is 8.92. The quantitative estimate of drug-likeness (QED) is 0.834. The molecule has 16 heavy (non-hydrogen) atoms. The van der Waals surface area contributed by atoms with Crippen molar-refractivity contribution in [2.75, 3.05) is 5.32 Å². The lowest BCUT2D eigenvalue weighted by Gasteiger charge is -2.06. The lowest BCUT2D eigenvalue weighted by molar-refractivity contribution is 0.252. The first-order valence-electron chi connectivity index (χ1n) is 5.06. The molecule has 2 aromatic heterocycles. The van der Waals surface area contributed by atoms with E-state index in [2.05, 4.69) is 15.3 Å². The van der Waals surface area contributed by atoms with Gasteiger partial charge in [-0.3, -0.25) is 9.88 Å². The van der Waals surface area contributed by atoms with Crippen LogP contribution in [0.4, 0.5) is 10.6 Å². The van der Waals surface area contributed by atoms with E-state index in [4.69, 9.17) is 0 Å². The van der Waals surface area contributed by atoms with Crippen LogP contribution >= 0.6 is 0 Å². The van der Waals surface area contributed by atoms with E-state index in [-0.39, 0.29) is 6.03 Å². The van der Waals surface area contributed by atoms with Gasteiger partial charge in [0.05, 0.1) is 0 Å². The van der Waals surface area contributed by atoms with Gasteiger partial charge in [0, 0.05) is 25.0 Å². The summed E-state index contributed by atoms with van der Waals surface area (Å²) in [4.78, 5) is 19.9. The van der Waals surface area contributed by atoms with Gasteiger partial charge < -0.3 is 0 Å². The number of carbonyl (C=O) groups excluding carboxylic acids is 1. The molecule has 0 fully saturated rings. The maximum Gasteiger partial charge on any atom is 0.332 e. The Hall–Kier alpha value is -2.17. The van der Waals surface area contributed by atoms with E-state index in [1.54, 1.807) is 30.7 Å². The second-order valence-electron chi connectivity index (χ2n) is 3.21. The number of hydrogen-bond donors (Lipinski definition) is 1. The van der Waals surface area contributed by atoms with Gasteiger partial charge in [-0.05, 0) is 12.1 Å². The minimum absolute atomic E-state index is 0.243. The number of nitrogens with zero attached hydrogens (tertiary/aromatic N) is 3. The number of aryl methyl sites for hydroxylation is 1. The first-order chi connectivity index (χ1) is 7.81. The Kier molecular flexibility index (Phi) is 2.95. The van der Waals surface area contributed by atoms with Gasteiger partial charge in [-0.15, -0.1) is 0 Å². The molecule has 0 aliphatic carbocycles. The molecule has 0 aliphatic rings. The summed E-state index contributed by atoms with van der Waals surface area (Å²) in [6.45, 7) is 1.95. The molecule has 0 atom stereocenters. The third-order valence-corrected chi connectivity index (χ3v) is 2.15. The SMILES string of the molecule is CCc1nccn1C(=O)Nc1ccccn1. The zero-order chi connectivity index (χ0) is 11.4. The van der Waals surface area contributed by atoms with Gasteiger partial charge in [0.25, 0.3) is 0 Å². The number of hydrogen-bond acceptors (Lipinski definition) is 3. The van der Waals surface area contributed by atoms with Crippen LogP contribution < -0.4 is 5.32 Å². The molecule has 0 bridgehead atoms. The summed E-state index contributed by atoms with van der Waals surface area (Å²) in [6.07, 6.45) is 5.58. The number of nitrogens with one attached hydrogen (secondary N) is 1. The molecule has 0 aliphatic heterocycles. The molecule has 1 amide bonds. The maximum atomic E-state index is 11.8. The maximum absolute atomic E-state index is 11.8. The number of anilines is 1. The van der Waals surface area contributed by atoms with Gasteiger partial charge >= 0.3 is 6.03 Å². The molecule has 0 saturated carbocycles. The highest BCUT2D eigenvalue weighted by Crippen LogP contribution is 2.03. The normalized spacial score (nSPS) is 10.1. The number of aromatic nitrogens is 3. The number of imidazole rings is 1. The summed E-state index contributed by atoms with van der Waals surface area (Å²) in [6, 6.07) is 5.11. The molecular weight excluding hydrogens is 204 g/mol. The fourth-order valence-electron chi connectivity index (χ4n) is 1.39. The monoisotopic (exact) mass is 216 g/mol. The summed E-state index contributed by atoms with van der Waals surface area (Å²) in [5, 5.41) is 2.69. The Bertz CT molecular complexity index is 478. The number of carbonyl (C=O) groups is 1. The third kappa shape index (κ3) is 2.08. The van der Waals surface area contributed by atoms with E-state index in [0.29, 0.717) is 12.2 Å². The highest BCUT2D eigenvalue weighted by Gasteiger charge is 2.09. The van der Waals surface area contributed by atoms with Crippen molar-refractivity contribution in [3.8, 4) is 0 Å². The van der Waals surface area contributed by atoms with Crippen molar-refractivity contribution in [3.63, 3.8) is 0 Å². The Labute approximate surface area is 93.2 Å². The van der Waals surface area contributed by atoms with Gasteiger partial charge in [0.2, 0.25) is 0 Å². The summed E-state index contributed by atoms with van der Waals surface area (Å²) in [7, 11) is 0. The van der Waals surface area contributed by atoms with Crippen molar-refractivity contribution in [1.29, 1.82) is 0 Å². The molecule has 5 nitrogen and oxygen atoms in total. The van der Waals surface area contributed by atoms with Crippen molar-refractivity contribution >= 4 is 11.8 Å². The van der Waals surface area contributed by atoms with Gasteiger partial charge in [-0.25, -0.2) is 14.8 Å². The van der Waals surface area contributed by atoms with Crippen molar-refractivity contribution < 1.29 is 4.79 Å². The Morgan fingerprint density at radius 3 is 2.94 bits per heavy atom. The molecule has 0 unspecified atom stereocenters. The smallest absolute Gasteiger partial charge is 0.292 e. The van der Waals surface area contributed by atoms with Crippen molar-refractivity contribution in [2.45, 2.75) is 13.3 Å².